The second kappa shape index (κ2) is 14.8. The lowest BCUT2D eigenvalue weighted by atomic mass is 9.33. The topological polar surface area (TPSA) is 110 Å². The minimum atomic E-state index is -1.18. The van der Waals surface area contributed by atoms with Crippen LogP contribution in [-0.4, -0.2) is 59.5 Å². The minimum Gasteiger partial charge on any atom is -0.481 e. The fourth-order valence-electron chi connectivity index (χ4n) is 13.7. The molecule has 0 saturated heterocycles. The van der Waals surface area contributed by atoms with Crippen molar-refractivity contribution in [1.82, 2.24) is 4.90 Å². The molecule has 0 aromatic heterocycles. The Morgan fingerprint density at radius 1 is 0.929 bits per heavy atom. The molecule has 1 aromatic carbocycles. The quantitative estimate of drug-likeness (QED) is 0.221. The molecule has 0 aliphatic heterocycles. The van der Waals surface area contributed by atoms with Crippen LogP contribution in [0, 0.1) is 56.2 Å². The summed E-state index contributed by atoms with van der Waals surface area (Å²) in [5.74, 6) is -0.421. The average Bonchev–Trinajstić information content (AvgIpc) is 3.40. The van der Waals surface area contributed by atoms with Crippen molar-refractivity contribution in [3.05, 3.63) is 46.0 Å². The van der Waals surface area contributed by atoms with Crippen LogP contribution in [0.1, 0.15) is 139 Å². The van der Waals surface area contributed by atoms with Crippen LogP contribution in [0.5, 0.6) is 0 Å². The second-order valence-electron chi connectivity index (χ2n) is 21.0. The molecule has 3 unspecified atom stereocenters. The lowest BCUT2D eigenvalue weighted by Crippen LogP contribution is -2.66. The number of benzene rings is 1. The number of allylic oxidation sites excluding steroid dienone is 1. The summed E-state index contributed by atoms with van der Waals surface area (Å²) in [6.07, 6.45) is 7.18. The Morgan fingerprint density at radius 3 is 2.20 bits per heavy atom. The van der Waals surface area contributed by atoms with Gasteiger partial charge in [0.15, 0.2) is 5.78 Å². The van der Waals surface area contributed by atoms with Crippen molar-refractivity contribution in [2.75, 3.05) is 13.6 Å². The van der Waals surface area contributed by atoms with Crippen molar-refractivity contribution in [3.63, 3.8) is 0 Å². The number of hydrogen-bond acceptors (Lipinski definition) is 7. The van der Waals surface area contributed by atoms with Gasteiger partial charge in [0.25, 0.3) is 0 Å². The van der Waals surface area contributed by atoms with Gasteiger partial charge in [0, 0.05) is 42.3 Å². The number of rotatable bonds is 11. The number of carbonyl (C=O) groups is 4. The molecule has 1 aromatic rings. The molecule has 8 nitrogen and oxygen atoms in total. The number of carboxylic acid groups (broad SMARTS) is 1. The molecule has 0 radical (unpaired) electrons. The highest BCUT2D eigenvalue weighted by atomic mass is 35.5. The van der Waals surface area contributed by atoms with Crippen LogP contribution in [0.4, 0.5) is 0 Å². The third-order valence-electron chi connectivity index (χ3n) is 16.6. The summed E-state index contributed by atoms with van der Waals surface area (Å²) in [6.45, 7) is 22.3. The molecule has 0 bridgehead atoms. The first-order valence-electron chi connectivity index (χ1n) is 21.2. The van der Waals surface area contributed by atoms with Crippen molar-refractivity contribution in [2.24, 2.45) is 56.2 Å². The first-order chi connectivity index (χ1) is 25.9. The smallest absolute Gasteiger partial charge is 0.309 e. The molecule has 6 rings (SSSR count). The number of ether oxygens (including phenoxy) is 2. The van der Waals surface area contributed by atoms with E-state index in [-0.39, 0.29) is 57.8 Å². The van der Waals surface area contributed by atoms with Crippen molar-refractivity contribution in [3.8, 4) is 0 Å². The maximum absolute atomic E-state index is 14.4. The van der Waals surface area contributed by atoms with Gasteiger partial charge in [0.2, 0.25) is 0 Å². The first kappa shape index (κ1) is 42.9. The van der Waals surface area contributed by atoms with E-state index in [0.29, 0.717) is 36.4 Å². The molecule has 0 heterocycles. The first-order valence-corrected chi connectivity index (χ1v) is 21.6. The highest BCUT2D eigenvalue weighted by Crippen LogP contribution is 2.77. The van der Waals surface area contributed by atoms with Gasteiger partial charge in [0.05, 0.1) is 11.8 Å². The highest BCUT2D eigenvalue weighted by molar-refractivity contribution is 6.30. The normalized spacial score (nSPS) is 35.6. The number of likely N-dealkylation sites (N-methyl/N-ethyl adjacent to an activating group) is 1. The number of esters is 2. The molecule has 4 fully saturated rings. The van der Waals surface area contributed by atoms with Gasteiger partial charge in [-0.05, 0) is 141 Å². The van der Waals surface area contributed by atoms with Crippen LogP contribution in [-0.2, 0) is 35.2 Å². The monoisotopic (exact) mass is 793 g/mol. The van der Waals surface area contributed by atoms with Crippen LogP contribution < -0.4 is 0 Å². The van der Waals surface area contributed by atoms with Crippen molar-refractivity contribution < 1.29 is 33.8 Å². The van der Waals surface area contributed by atoms with Crippen LogP contribution in [0.25, 0.3) is 0 Å². The van der Waals surface area contributed by atoms with E-state index in [0.717, 1.165) is 62.5 Å². The number of Topliss-reactive ketones (excluding diaryl/α,β-unsaturated/α-hetero) is 1. The molecule has 56 heavy (non-hydrogen) atoms. The predicted molar refractivity (Wildman–Crippen MR) is 219 cm³/mol. The Balaban J connectivity index is 1.31. The zero-order valence-electron chi connectivity index (χ0n) is 36.0. The molecule has 1 N–H and O–H groups in total. The second-order valence-corrected chi connectivity index (χ2v) is 21.4. The van der Waals surface area contributed by atoms with E-state index in [1.54, 1.807) is 13.8 Å². The standard InChI is InChI=1S/C47H68ClNO7/c1-28(2)39-33(51)24-47(37(55-29(3)50)27-49(11)26-30-12-14-31(48)15-13-30)23-22-45(9)32(40(39)47)16-17-35-44(8)20-19-36(56-38(52)25-42(4,5)41(53)54)43(6,7)34(44)18-21-46(35,45)10/h12-15,28,32,34-37H,16-27H2,1-11H3,(H,53,54)/t32-,34?,35?,36+,37-,44+,45-,46-,47?/m1/s1. The minimum absolute atomic E-state index is 0.0153. The fourth-order valence-corrected chi connectivity index (χ4v) is 13.8. The van der Waals surface area contributed by atoms with Gasteiger partial charge < -0.3 is 14.6 Å². The maximum atomic E-state index is 14.4. The molecule has 9 atom stereocenters. The number of hydrogen-bond donors (Lipinski definition) is 1. The summed E-state index contributed by atoms with van der Waals surface area (Å²) in [5.41, 5.74) is 1.42. The van der Waals surface area contributed by atoms with Gasteiger partial charge in [-0.2, -0.15) is 0 Å². The SMILES string of the molecule is CC(=O)O[C@H](CN(C)Cc1ccc(Cl)cc1)C12CC[C@]3(C)[C@H](CCC4[C@@]5(C)CC[C@H](OC(=O)CC(C)(C)C(=O)O)C(C)(C)C5CC[C@]43C)C1=C(C(C)C)C(=O)C2. The highest BCUT2D eigenvalue weighted by Gasteiger charge is 2.71. The summed E-state index contributed by atoms with van der Waals surface area (Å²) in [4.78, 5) is 54.5. The van der Waals surface area contributed by atoms with E-state index in [9.17, 15) is 24.3 Å². The van der Waals surface area contributed by atoms with Gasteiger partial charge in [-0.3, -0.25) is 24.1 Å². The molecule has 5 aliphatic rings. The summed E-state index contributed by atoms with van der Waals surface area (Å²) in [5, 5.41) is 10.3. The maximum Gasteiger partial charge on any atom is 0.309 e. The fraction of sp³-hybridized carbons (Fsp3) is 0.745. The molecule has 5 aliphatic carbocycles. The summed E-state index contributed by atoms with van der Waals surface area (Å²) < 4.78 is 12.6. The largest absolute Gasteiger partial charge is 0.481 e. The Labute approximate surface area is 340 Å². The van der Waals surface area contributed by atoms with Gasteiger partial charge >= 0.3 is 17.9 Å². The predicted octanol–water partition coefficient (Wildman–Crippen LogP) is 10.1. The van der Waals surface area contributed by atoms with Crippen LogP contribution in [0.15, 0.2) is 35.4 Å². The molecule has 0 amide bonds. The Bertz CT molecular complexity index is 1760. The molecular weight excluding hydrogens is 726 g/mol. The summed E-state index contributed by atoms with van der Waals surface area (Å²) in [6, 6.07) is 7.86. The van der Waals surface area contributed by atoms with Crippen LogP contribution >= 0.6 is 11.6 Å². The van der Waals surface area contributed by atoms with E-state index in [2.05, 4.69) is 60.4 Å². The molecule has 9 heteroatoms. The van der Waals surface area contributed by atoms with Crippen molar-refractivity contribution in [2.45, 2.75) is 152 Å². The molecule has 310 valence electrons. The average molecular weight is 795 g/mol. The Morgan fingerprint density at radius 2 is 1.59 bits per heavy atom. The van der Waals surface area contributed by atoms with Crippen molar-refractivity contribution in [1.29, 1.82) is 0 Å². The van der Waals surface area contributed by atoms with E-state index >= 15 is 0 Å². The van der Waals surface area contributed by atoms with E-state index in [1.807, 2.05) is 24.3 Å². The number of fused-ring (bicyclic) bond motifs is 7. The Hall–Kier alpha value is -2.71. The number of ketones is 1. The van der Waals surface area contributed by atoms with Gasteiger partial charge in [-0.1, -0.05) is 72.2 Å². The van der Waals surface area contributed by atoms with Crippen LogP contribution in [0.2, 0.25) is 5.02 Å². The van der Waals surface area contributed by atoms with E-state index < -0.39 is 28.9 Å². The number of aliphatic carboxylic acids is 1. The zero-order valence-corrected chi connectivity index (χ0v) is 36.7. The summed E-state index contributed by atoms with van der Waals surface area (Å²) in [7, 11) is 2.07. The van der Waals surface area contributed by atoms with E-state index in [4.69, 9.17) is 21.1 Å². The third kappa shape index (κ3) is 6.98. The molecular formula is C47H68ClNO7. The van der Waals surface area contributed by atoms with Gasteiger partial charge in [-0.25, -0.2) is 0 Å². The van der Waals surface area contributed by atoms with Gasteiger partial charge in [0.1, 0.15) is 12.2 Å². The molecule has 4 saturated carbocycles. The van der Waals surface area contributed by atoms with E-state index in [1.165, 1.54) is 12.5 Å². The van der Waals surface area contributed by atoms with Gasteiger partial charge in [-0.15, -0.1) is 0 Å². The number of carbonyl (C=O) groups excluding carboxylic acids is 3. The third-order valence-corrected chi connectivity index (χ3v) is 16.9. The summed E-state index contributed by atoms with van der Waals surface area (Å²) >= 11 is 6.19. The lowest BCUT2D eigenvalue weighted by Gasteiger charge is -2.72. The van der Waals surface area contributed by atoms with Crippen LogP contribution in [0.3, 0.4) is 0 Å². The number of nitrogens with zero attached hydrogens (tertiary/aromatic N) is 1. The lowest BCUT2D eigenvalue weighted by molar-refractivity contribution is -0.235. The zero-order chi connectivity index (χ0) is 41.4. The van der Waals surface area contributed by atoms with Crippen molar-refractivity contribution >= 4 is 35.3 Å². The number of halogens is 1. The Kier molecular flexibility index (Phi) is 11.4. The number of carboxylic acids is 1. The molecule has 0 spiro atoms.